The van der Waals surface area contributed by atoms with Gasteiger partial charge < -0.3 is 15.0 Å². The third-order valence-corrected chi connectivity index (χ3v) is 5.04. The second-order valence-corrected chi connectivity index (χ2v) is 7.39. The van der Waals surface area contributed by atoms with E-state index >= 15 is 0 Å². The number of H-pyrrole nitrogens is 1. The molecule has 0 saturated carbocycles. The highest BCUT2D eigenvalue weighted by atomic mass is 32.2. The Labute approximate surface area is 184 Å². The molecule has 1 amide bonds. The highest BCUT2D eigenvalue weighted by molar-refractivity contribution is 7.99. The molecule has 1 heterocycles. The molecule has 158 valence electrons. The van der Waals surface area contributed by atoms with Gasteiger partial charge in [-0.25, -0.2) is 4.98 Å². The number of thioether (sulfide) groups is 1. The Kier molecular flexibility index (Phi) is 7.78. The molecule has 0 saturated heterocycles. The van der Waals surface area contributed by atoms with E-state index in [-0.39, 0.29) is 18.2 Å². The molecule has 0 atom stereocenters. The number of nitrogens with one attached hydrogen (secondary N) is 2. The number of carbonyl (C=O) groups excluding carboxylic acids is 1. The maximum atomic E-state index is 12.3. The number of nitroso groups, excluding NO2 is 1. The van der Waals surface area contributed by atoms with Crippen LogP contribution in [0.5, 0.6) is 5.75 Å². The summed E-state index contributed by atoms with van der Waals surface area (Å²) in [5, 5.41) is 6.39. The molecular weight excluding hydrogens is 412 g/mol. The van der Waals surface area contributed by atoms with E-state index in [1.165, 1.54) is 11.8 Å². The zero-order valence-electron chi connectivity index (χ0n) is 17.0. The summed E-state index contributed by atoms with van der Waals surface area (Å²) in [5.41, 5.74) is 3.07. The van der Waals surface area contributed by atoms with E-state index in [0.717, 1.165) is 16.6 Å². The summed E-state index contributed by atoms with van der Waals surface area (Å²) in [5.74, 6) is 1.43. The summed E-state index contributed by atoms with van der Waals surface area (Å²) in [4.78, 5) is 30.3. The van der Waals surface area contributed by atoms with Crippen molar-refractivity contribution in [3.8, 4) is 5.75 Å². The molecule has 3 rings (SSSR count). The number of carbonyl (C=O) groups is 1. The first-order chi connectivity index (χ1) is 15.1. The molecule has 0 bridgehead atoms. The minimum Gasteiger partial charge on any atom is -0.458 e. The van der Waals surface area contributed by atoms with Crippen LogP contribution in [0, 0.1) is 4.91 Å². The Balaban J connectivity index is 1.53. The van der Waals surface area contributed by atoms with Gasteiger partial charge in [0.1, 0.15) is 18.1 Å². The number of rotatable bonds is 10. The van der Waals surface area contributed by atoms with Gasteiger partial charge in [-0.05, 0) is 61.0 Å². The van der Waals surface area contributed by atoms with Gasteiger partial charge in [-0.15, -0.1) is 0 Å². The van der Waals surface area contributed by atoms with Gasteiger partial charge in [-0.3, -0.25) is 4.79 Å². The summed E-state index contributed by atoms with van der Waals surface area (Å²) >= 11 is 1.30. The van der Waals surface area contributed by atoms with Gasteiger partial charge >= 0.3 is 0 Å². The van der Waals surface area contributed by atoms with Crippen LogP contribution >= 0.6 is 11.8 Å². The van der Waals surface area contributed by atoms with Crippen LogP contribution in [0.2, 0.25) is 0 Å². The van der Waals surface area contributed by atoms with Crippen LogP contribution in [0.3, 0.4) is 0 Å². The first-order valence-corrected chi connectivity index (χ1v) is 10.5. The molecule has 2 N–H and O–H groups in total. The minimum atomic E-state index is -0.145. The van der Waals surface area contributed by atoms with Crippen LogP contribution in [0.1, 0.15) is 12.5 Å². The first kappa shape index (κ1) is 22.0. The fourth-order valence-corrected chi connectivity index (χ4v) is 3.39. The van der Waals surface area contributed by atoms with Gasteiger partial charge in [0.25, 0.3) is 0 Å². The lowest BCUT2D eigenvalue weighted by atomic mass is 10.2. The van der Waals surface area contributed by atoms with Crippen molar-refractivity contribution in [1.82, 2.24) is 9.97 Å². The lowest BCUT2D eigenvalue weighted by Crippen LogP contribution is -2.14. The topological polar surface area (TPSA) is 96.4 Å². The van der Waals surface area contributed by atoms with Gasteiger partial charge in [-0.1, -0.05) is 41.7 Å². The minimum absolute atomic E-state index is 0.116. The number of anilines is 1. The molecule has 0 radical (unpaired) electrons. The largest absolute Gasteiger partial charge is 0.458 e. The van der Waals surface area contributed by atoms with E-state index in [1.54, 1.807) is 36.4 Å². The van der Waals surface area contributed by atoms with Crippen LogP contribution in [0.15, 0.2) is 89.4 Å². The van der Waals surface area contributed by atoms with E-state index in [9.17, 15) is 9.70 Å². The molecule has 2 aromatic carbocycles. The molecule has 3 aromatic rings. The summed E-state index contributed by atoms with van der Waals surface area (Å²) in [6, 6.07) is 12.6. The van der Waals surface area contributed by atoms with Gasteiger partial charge in [0, 0.05) is 5.69 Å². The standard InChI is InChI=1S/C23H22N4O3S/c1-3-5-6-18(4-2)30-19-10-8-17(9-11-19)25-22(28)15-31-23-26-20-12-7-16(14-24-29)13-21(20)27-23/h3-13H,1,14-15H2,2H3,(H,25,28)(H,26,27)/b6-5-,18-4+. The van der Waals surface area contributed by atoms with Crippen molar-refractivity contribution in [3.63, 3.8) is 0 Å². The maximum absolute atomic E-state index is 12.3. The first-order valence-electron chi connectivity index (χ1n) is 9.55. The molecule has 0 spiro atoms. The number of ether oxygens (including phenoxy) is 1. The molecule has 0 aliphatic rings. The average molecular weight is 435 g/mol. The van der Waals surface area contributed by atoms with E-state index in [4.69, 9.17) is 4.74 Å². The molecule has 1 aromatic heterocycles. The van der Waals surface area contributed by atoms with Crippen LogP contribution in [0.4, 0.5) is 5.69 Å². The fraction of sp³-hybridized carbons (Fsp3) is 0.130. The zero-order valence-corrected chi connectivity index (χ0v) is 17.8. The van der Waals surface area contributed by atoms with Gasteiger partial charge in [0.15, 0.2) is 5.16 Å². The van der Waals surface area contributed by atoms with Crippen molar-refractivity contribution in [3.05, 3.63) is 89.6 Å². The quantitative estimate of drug-likeness (QED) is 0.188. The smallest absolute Gasteiger partial charge is 0.234 e. The van der Waals surface area contributed by atoms with Crippen molar-refractivity contribution < 1.29 is 9.53 Å². The molecule has 0 fully saturated rings. The number of allylic oxidation sites excluding steroid dienone is 4. The predicted octanol–water partition coefficient (Wildman–Crippen LogP) is 5.58. The number of amides is 1. The van der Waals surface area contributed by atoms with Crippen molar-refractivity contribution in [2.24, 2.45) is 5.18 Å². The van der Waals surface area contributed by atoms with Crippen molar-refractivity contribution >= 4 is 34.4 Å². The Morgan fingerprint density at radius 1 is 1.29 bits per heavy atom. The number of aromatic amines is 1. The van der Waals surface area contributed by atoms with Crippen LogP contribution < -0.4 is 10.1 Å². The molecule has 8 heteroatoms. The van der Waals surface area contributed by atoms with Crippen molar-refractivity contribution in [2.75, 3.05) is 11.1 Å². The maximum Gasteiger partial charge on any atom is 0.234 e. The van der Waals surface area contributed by atoms with Crippen LogP contribution in [-0.2, 0) is 11.3 Å². The number of aromatic nitrogens is 2. The summed E-state index contributed by atoms with van der Waals surface area (Å²) in [7, 11) is 0. The number of fused-ring (bicyclic) bond motifs is 1. The van der Waals surface area contributed by atoms with E-state index in [2.05, 4.69) is 27.0 Å². The van der Waals surface area contributed by atoms with Crippen LogP contribution in [0.25, 0.3) is 11.0 Å². The van der Waals surface area contributed by atoms with E-state index in [1.807, 2.05) is 37.3 Å². The Hall–Kier alpha value is -3.65. The molecular formula is C23H22N4O3S. The third-order valence-electron chi connectivity index (χ3n) is 4.17. The van der Waals surface area contributed by atoms with Crippen LogP contribution in [-0.4, -0.2) is 21.6 Å². The Bertz CT molecular complexity index is 1130. The summed E-state index contributed by atoms with van der Waals surface area (Å²) in [6.07, 6.45) is 7.14. The van der Waals surface area contributed by atoms with Gasteiger partial charge in [0.05, 0.1) is 16.8 Å². The second kappa shape index (κ2) is 10.9. The zero-order chi connectivity index (χ0) is 22.1. The monoisotopic (exact) mass is 434 g/mol. The highest BCUT2D eigenvalue weighted by Crippen LogP contribution is 2.22. The van der Waals surface area contributed by atoms with Gasteiger partial charge in [0.2, 0.25) is 5.91 Å². The number of benzene rings is 2. The molecule has 0 aliphatic carbocycles. The number of hydrogen-bond acceptors (Lipinski definition) is 6. The second-order valence-electron chi connectivity index (χ2n) is 6.43. The fourth-order valence-electron chi connectivity index (χ4n) is 2.70. The Morgan fingerprint density at radius 2 is 2.10 bits per heavy atom. The normalized spacial score (nSPS) is 11.6. The number of imidazole rings is 1. The SMILES string of the molecule is C=C/C=C\C(=C/C)Oc1ccc(NC(=O)CSc2nc3ccc(CN=O)cc3[nH]2)cc1. The Morgan fingerprint density at radius 3 is 2.81 bits per heavy atom. The third kappa shape index (κ3) is 6.42. The molecule has 0 unspecified atom stereocenters. The van der Waals surface area contributed by atoms with Crippen molar-refractivity contribution in [2.45, 2.75) is 18.6 Å². The van der Waals surface area contributed by atoms with Crippen molar-refractivity contribution in [1.29, 1.82) is 0 Å². The lowest BCUT2D eigenvalue weighted by Gasteiger charge is -2.08. The average Bonchev–Trinajstić information content (AvgIpc) is 3.19. The van der Waals surface area contributed by atoms with E-state index in [0.29, 0.717) is 22.4 Å². The van der Waals surface area contributed by atoms with E-state index < -0.39 is 0 Å². The molecule has 0 aliphatic heterocycles. The summed E-state index contributed by atoms with van der Waals surface area (Å²) < 4.78 is 5.76. The highest BCUT2D eigenvalue weighted by Gasteiger charge is 2.09. The molecule has 31 heavy (non-hydrogen) atoms. The number of hydrogen-bond donors (Lipinski definition) is 2. The summed E-state index contributed by atoms with van der Waals surface area (Å²) in [6.45, 7) is 5.64. The predicted molar refractivity (Wildman–Crippen MR) is 125 cm³/mol. The van der Waals surface area contributed by atoms with Gasteiger partial charge in [-0.2, -0.15) is 4.91 Å². The molecule has 7 nitrogen and oxygen atoms in total. The number of nitrogens with zero attached hydrogens (tertiary/aromatic N) is 2. The lowest BCUT2D eigenvalue weighted by molar-refractivity contribution is -0.113.